The van der Waals surface area contributed by atoms with Gasteiger partial charge in [-0.1, -0.05) is 42.5 Å². The molecule has 6 heteroatoms. The fraction of sp³-hybridized carbons (Fsp3) is 0.136. The first-order valence-corrected chi connectivity index (χ1v) is 8.81. The number of hydrogen-bond acceptors (Lipinski definition) is 4. The van der Waals surface area contributed by atoms with Crippen molar-refractivity contribution in [1.29, 1.82) is 0 Å². The highest BCUT2D eigenvalue weighted by Gasteiger charge is 2.22. The average molecular weight is 398 g/mol. The third-order valence-corrected chi connectivity index (χ3v) is 4.24. The second-order valence-corrected chi connectivity index (χ2v) is 6.16. The van der Waals surface area contributed by atoms with E-state index in [4.69, 9.17) is 14.2 Å². The molecular formula is C22H20ClNO4. The van der Waals surface area contributed by atoms with E-state index in [1.54, 1.807) is 0 Å². The molecule has 0 unspecified atom stereocenters. The van der Waals surface area contributed by atoms with Crippen molar-refractivity contribution >= 4 is 18.5 Å². The van der Waals surface area contributed by atoms with Crippen LogP contribution in [0.4, 0.5) is 4.79 Å². The van der Waals surface area contributed by atoms with E-state index in [0.29, 0.717) is 30.3 Å². The number of nitrogens with one attached hydrogen (secondary N) is 1. The zero-order valence-corrected chi connectivity index (χ0v) is 15.9. The van der Waals surface area contributed by atoms with Crippen LogP contribution in [-0.4, -0.2) is 12.7 Å². The summed E-state index contributed by atoms with van der Waals surface area (Å²) >= 11 is 0. The number of carbonyl (C=O) groups is 1. The smallest absolute Gasteiger partial charge is 0.407 e. The normalized spacial score (nSPS) is 15.6. The van der Waals surface area contributed by atoms with E-state index in [0.717, 1.165) is 11.3 Å². The molecule has 0 radical (unpaired) electrons. The number of carbonyl (C=O) groups excluding carboxylic acids is 1. The van der Waals surface area contributed by atoms with E-state index in [1.165, 1.54) is 0 Å². The Bertz CT molecular complexity index is 918. The van der Waals surface area contributed by atoms with Crippen LogP contribution >= 0.6 is 12.4 Å². The largest absolute Gasteiger partial charge is 0.453 e. The number of halogens is 1. The van der Waals surface area contributed by atoms with Gasteiger partial charge in [0, 0.05) is 6.42 Å². The second-order valence-electron chi connectivity index (χ2n) is 6.16. The molecule has 3 aromatic rings. The molecule has 3 aromatic carbocycles. The molecule has 28 heavy (non-hydrogen) atoms. The molecule has 0 aromatic heterocycles. The summed E-state index contributed by atoms with van der Waals surface area (Å²) < 4.78 is 17.0. The van der Waals surface area contributed by atoms with Gasteiger partial charge < -0.3 is 19.5 Å². The summed E-state index contributed by atoms with van der Waals surface area (Å²) in [5.41, 5.74) is 0.943. The van der Waals surface area contributed by atoms with Crippen LogP contribution in [-0.2, 0) is 4.74 Å². The molecule has 1 aliphatic rings. The number of cyclic esters (lactones) is 1. The minimum Gasteiger partial charge on any atom is -0.453 e. The summed E-state index contributed by atoms with van der Waals surface area (Å²) in [6, 6.07) is 24.7. The molecule has 4 rings (SSSR count). The van der Waals surface area contributed by atoms with E-state index in [1.807, 2.05) is 78.9 Å². The topological polar surface area (TPSA) is 56.8 Å². The van der Waals surface area contributed by atoms with Crippen molar-refractivity contribution in [1.82, 2.24) is 5.32 Å². The number of rotatable bonds is 5. The molecule has 1 fully saturated rings. The Morgan fingerprint density at radius 3 is 2.04 bits per heavy atom. The van der Waals surface area contributed by atoms with Crippen molar-refractivity contribution in [2.24, 2.45) is 0 Å². The summed E-state index contributed by atoms with van der Waals surface area (Å²) in [7, 11) is 0. The predicted octanol–water partition coefficient (Wildman–Crippen LogP) is 5.86. The maximum Gasteiger partial charge on any atom is 0.407 e. The molecule has 0 saturated carbocycles. The highest BCUT2D eigenvalue weighted by molar-refractivity contribution is 5.85. The summed E-state index contributed by atoms with van der Waals surface area (Å²) in [5.74, 6) is 2.63. The molecule has 1 amide bonds. The van der Waals surface area contributed by atoms with Gasteiger partial charge in [0.2, 0.25) is 0 Å². The van der Waals surface area contributed by atoms with Gasteiger partial charge in [-0.3, -0.25) is 0 Å². The van der Waals surface area contributed by atoms with Crippen LogP contribution in [0.1, 0.15) is 18.0 Å². The fourth-order valence-electron chi connectivity index (χ4n) is 2.91. The predicted molar refractivity (Wildman–Crippen MR) is 109 cm³/mol. The Morgan fingerprint density at radius 1 is 0.821 bits per heavy atom. The van der Waals surface area contributed by atoms with E-state index >= 15 is 0 Å². The SMILES string of the molecule is Cl.O=C1N[C@H](c2ccc(Oc3ccccc3)c(Oc3ccccc3)c2)CCO1. The maximum atomic E-state index is 11.5. The first-order chi connectivity index (χ1) is 13.3. The van der Waals surface area contributed by atoms with Gasteiger partial charge in [0.25, 0.3) is 0 Å². The Hall–Kier alpha value is -3.18. The Labute approximate surface area is 169 Å². The molecule has 144 valence electrons. The third kappa shape index (κ3) is 4.75. The molecule has 0 bridgehead atoms. The molecule has 5 nitrogen and oxygen atoms in total. The average Bonchev–Trinajstić information content (AvgIpc) is 2.71. The number of benzene rings is 3. The van der Waals surface area contributed by atoms with Crippen molar-refractivity contribution in [3.63, 3.8) is 0 Å². The van der Waals surface area contributed by atoms with Gasteiger partial charge in [-0.05, 0) is 42.0 Å². The van der Waals surface area contributed by atoms with Gasteiger partial charge in [-0.15, -0.1) is 12.4 Å². The minimum atomic E-state index is -0.401. The number of amides is 1. The molecule has 1 atom stereocenters. The lowest BCUT2D eigenvalue weighted by molar-refractivity contribution is 0.115. The molecule has 0 aliphatic carbocycles. The van der Waals surface area contributed by atoms with Gasteiger partial charge >= 0.3 is 6.09 Å². The molecular weight excluding hydrogens is 378 g/mol. The molecule has 1 saturated heterocycles. The van der Waals surface area contributed by atoms with Gasteiger partial charge in [0.1, 0.15) is 11.5 Å². The summed E-state index contributed by atoms with van der Waals surface area (Å²) in [5, 5.41) is 2.84. The molecule has 1 heterocycles. The summed E-state index contributed by atoms with van der Waals surface area (Å²) in [4.78, 5) is 11.5. The highest BCUT2D eigenvalue weighted by atomic mass is 35.5. The quantitative estimate of drug-likeness (QED) is 0.585. The number of ether oxygens (including phenoxy) is 3. The standard InChI is InChI=1S/C22H19NO4.ClH/c24-22-23-19(13-14-25-22)16-11-12-20(26-17-7-3-1-4-8-17)21(15-16)27-18-9-5-2-6-10-18;/h1-12,15,19H,13-14H2,(H,23,24);1H/t19-;/m0./s1. The molecule has 0 spiro atoms. The lowest BCUT2D eigenvalue weighted by atomic mass is 10.0. The van der Waals surface area contributed by atoms with Gasteiger partial charge in [-0.25, -0.2) is 4.79 Å². The third-order valence-electron chi connectivity index (χ3n) is 4.24. The van der Waals surface area contributed by atoms with Crippen LogP contribution in [0.2, 0.25) is 0 Å². The first-order valence-electron chi connectivity index (χ1n) is 8.81. The zero-order valence-electron chi connectivity index (χ0n) is 15.0. The van der Waals surface area contributed by atoms with Crippen LogP contribution < -0.4 is 14.8 Å². The van der Waals surface area contributed by atoms with Crippen molar-refractivity contribution in [2.75, 3.05) is 6.61 Å². The van der Waals surface area contributed by atoms with E-state index in [9.17, 15) is 4.79 Å². The summed E-state index contributed by atoms with van der Waals surface area (Å²) in [6.07, 6.45) is 0.302. The summed E-state index contributed by atoms with van der Waals surface area (Å²) in [6.45, 7) is 0.396. The van der Waals surface area contributed by atoms with Crippen LogP contribution in [0.3, 0.4) is 0 Å². The highest BCUT2D eigenvalue weighted by Crippen LogP contribution is 2.37. The Morgan fingerprint density at radius 2 is 1.43 bits per heavy atom. The van der Waals surface area contributed by atoms with Crippen LogP contribution in [0.15, 0.2) is 78.9 Å². The second kappa shape index (κ2) is 9.15. The minimum absolute atomic E-state index is 0. The van der Waals surface area contributed by atoms with Crippen LogP contribution in [0.25, 0.3) is 0 Å². The van der Waals surface area contributed by atoms with Crippen molar-refractivity contribution < 1.29 is 19.0 Å². The van der Waals surface area contributed by atoms with E-state index in [-0.39, 0.29) is 18.4 Å². The maximum absolute atomic E-state index is 11.5. The Balaban J connectivity index is 0.00000225. The van der Waals surface area contributed by atoms with Gasteiger partial charge in [-0.2, -0.15) is 0 Å². The number of hydrogen-bond donors (Lipinski definition) is 1. The van der Waals surface area contributed by atoms with Crippen LogP contribution in [0.5, 0.6) is 23.0 Å². The van der Waals surface area contributed by atoms with Crippen LogP contribution in [0, 0.1) is 0 Å². The van der Waals surface area contributed by atoms with E-state index < -0.39 is 6.09 Å². The number of para-hydroxylation sites is 2. The number of alkyl carbamates (subject to hydrolysis) is 1. The first kappa shape index (κ1) is 19.6. The van der Waals surface area contributed by atoms with E-state index in [2.05, 4.69) is 5.32 Å². The molecule has 1 aliphatic heterocycles. The van der Waals surface area contributed by atoms with Crippen molar-refractivity contribution in [3.8, 4) is 23.0 Å². The lowest BCUT2D eigenvalue weighted by Crippen LogP contribution is -2.35. The molecule has 1 N–H and O–H groups in total. The lowest BCUT2D eigenvalue weighted by Gasteiger charge is -2.24. The zero-order chi connectivity index (χ0) is 18.5. The fourth-order valence-corrected chi connectivity index (χ4v) is 2.91. The monoisotopic (exact) mass is 397 g/mol. The van der Waals surface area contributed by atoms with Crippen molar-refractivity contribution in [3.05, 3.63) is 84.4 Å². The van der Waals surface area contributed by atoms with Crippen molar-refractivity contribution in [2.45, 2.75) is 12.5 Å². The Kier molecular flexibility index (Phi) is 6.40. The van der Waals surface area contributed by atoms with Gasteiger partial charge in [0.15, 0.2) is 11.5 Å². The van der Waals surface area contributed by atoms with Gasteiger partial charge in [0.05, 0.1) is 12.6 Å².